The molecule has 2 aromatic rings. The SMILES string of the molecule is COCCC1(C(=O)Nc2ccc3sc(C(=O)O)cc3c2)CCC1. The third kappa shape index (κ3) is 3.09. The smallest absolute Gasteiger partial charge is 0.345 e. The van der Waals surface area contributed by atoms with Crippen molar-refractivity contribution in [3.05, 3.63) is 29.1 Å². The van der Waals surface area contributed by atoms with Crippen LogP contribution in [-0.4, -0.2) is 30.7 Å². The van der Waals surface area contributed by atoms with Crippen molar-refractivity contribution in [1.29, 1.82) is 0 Å². The van der Waals surface area contributed by atoms with E-state index < -0.39 is 5.97 Å². The van der Waals surface area contributed by atoms with Crippen LogP contribution in [0.3, 0.4) is 0 Å². The molecule has 1 aromatic heterocycles. The van der Waals surface area contributed by atoms with Crippen LogP contribution in [0.1, 0.15) is 35.4 Å². The molecule has 1 heterocycles. The molecular weight excluding hydrogens is 314 g/mol. The molecular formula is C17H19NO4S. The number of hydrogen-bond donors (Lipinski definition) is 2. The Morgan fingerprint density at radius 3 is 2.74 bits per heavy atom. The van der Waals surface area contributed by atoms with Gasteiger partial charge in [0.2, 0.25) is 5.91 Å². The monoisotopic (exact) mass is 333 g/mol. The minimum Gasteiger partial charge on any atom is -0.477 e. The van der Waals surface area contributed by atoms with E-state index in [9.17, 15) is 9.59 Å². The van der Waals surface area contributed by atoms with E-state index in [2.05, 4.69) is 5.32 Å². The van der Waals surface area contributed by atoms with Crippen molar-refractivity contribution < 1.29 is 19.4 Å². The van der Waals surface area contributed by atoms with Gasteiger partial charge in [-0.2, -0.15) is 0 Å². The van der Waals surface area contributed by atoms with Crippen LogP contribution in [0.5, 0.6) is 0 Å². The number of aromatic carboxylic acids is 1. The molecule has 1 aliphatic rings. The minimum atomic E-state index is -0.926. The van der Waals surface area contributed by atoms with Crippen LogP contribution >= 0.6 is 11.3 Å². The molecule has 0 bridgehead atoms. The summed E-state index contributed by atoms with van der Waals surface area (Å²) in [7, 11) is 1.65. The van der Waals surface area contributed by atoms with Crippen LogP contribution in [0.25, 0.3) is 10.1 Å². The van der Waals surface area contributed by atoms with Crippen LogP contribution in [0, 0.1) is 5.41 Å². The molecule has 1 amide bonds. The van der Waals surface area contributed by atoms with Crippen molar-refractivity contribution in [2.75, 3.05) is 19.0 Å². The zero-order chi connectivity index (χ0) is 16.4. The molecule has 0 atom stereocenters. The topological polar surface area (TPSA) is 75.6 Å². The predicted octanol–water partition coefficient (Wildman–Crippen LogP) is 3.74. The maximum Gasteiger partial charge on any atom is 0.345 e. The van der Waals surface area contributed by atoms with Crippen molar-refractivity contribution >= 4 is 39.0 Å². The number of hydrogen-bond acceptors (Lipinski definition) is 4. The van der Waals surface area contributed by atoms with Gasteiger partial charge in [0.15, 0.2) is 0 Å². The molecule has 0 spiro atoms. The Labute approximate surface area is 138 Å². The van der Waals surface area contributed by atoms with E-state index in [0.717, 1.165) is 35.8 Å². The average molecular weight is 333 g/mol. The second kappa shape index (κ2) is 6.29. The molecule has 1 aromatic carbocycles. The van der Waals surface area contributed by atoms with Gasteiger partial charge in [-0.25, -0.2) is 4.79 Å². The van der Waals surface area contributed by atoms with E-state index in [-0.39, 0.29) is 11.3 Å². The lowest BCUT2D eigenvalue weighted by atomic mass is 9.66. The number of anilines is 1. The summed E-state index contributed by atoms with van der Waals surface area (Å²) in [5, 5.41) is 12.9. The summed E-state index contributed by atoms with van der Waals surface area (Å²) in [6, 6.07) is 7.15. The van der Waals surface area contributed by atoms with Gasteiger partial charge in [0.1, 0.15) is 4.88 Å². The summed E-state index contributed by atoms with van der Waals surface area (Å²) in [4.78, 5) is 24.0. The number of fused-ring (bicyclic) bond motifs is 1. The molecule has 0 radical (unpaired) electrons. The van der Waals surface area contributed by atoms with E-state index >= 15 is 0 Å². The zero-order valence-corrected chi connectivity index (χ0v) is 13.7. The van der Waals surface area contributed by atoms with E-state index in [1.54, 1.807) is 13.2 Å². The quantitative estimate of drug-likeness (QED) is 0.844. The summed E-state index contributed by atoms with van der Waals surface area (Å²) in [5.74, 6) is -0.890. The summed E-state index contributed by atoms with van der Waals surface area (Å²) in [6.45, 7) is 0.582. The first kappa shape index (κ1) is 16.0. The van der Waals surface area contributed by atoms with E-state index in [1.165, 1.54) is 11.3 Å². The number of thiophene rings is 1. The number of methoxy groups -OCH3 is 1. The maximum absolute atomic E-state index is 12.6. The Balaban J connectivity index is 1.78. The molecule has 0 aliphatic heterocycles. The van der Waals surface area contributed by atoms with E-state index in [4.69, 9.17) is 9.84 Å². The van der Waals surface area contributed by atoms with Gasteiger partial charge in [-0.1, -0.05) is 6.42 Å². The molecule has 0 unspecified atom stereocenters. The first-order valence-corrected chi connectivity index (χ1v) is 8.43. The van der Waals surface area contributed by atoms with Crippen LogP contribution < -0.4 is 5.32 Å². The summed E-state index contributed by atoms with van der Waals surface area (Å²) in [5.41, 5.74) is 0.396. The highest BCUT2D eigenvalue weighted by atomic mass is 32.1. The fourth-order valence-electron chi connectivity index (χ4n) is 2.98. The van der Waals surface area contributed by atoms with Gasteiger partial charge in [-0.15, -0.1) is 11.3 Å². The highest BCUT2D eigenvalue weighted by Gasteiger charge is 2.43. The number of ether oxygens (including phenoxy) is 1. The lowest BCUT2D eigenvalue weighted by Crippen LogP contribution is -2.42. The van der Waals surface area contributed by atoms with Gasteiger partial charge < -0.3 is 15.2 Å². The number of carboxylic acids is 1. The first-order chi connectivity index (χ1) is 11.0. The normalized spacial score (nSPS) is 16.0. The number of carboxylic acid groups (broad SMARTS) is 1. The van der Waals surface area contributed by atoms with Crippen molar-refractivity contribution in [3.63, 3.8) is 0 Å². The molecule has 5 nitrogen and oxygen atoms in total. The average Bonchev–Trinajstić information content (AvgIpc) is 2.89. The van der Waals surface area contributed by atoms with Crippen molar-refractivity contribution in [2.45, 2.75) is 25.7 Å². The standard InChI is InChI=1S/C17H19NO4S/c1-22-8-7-17(5-2-6-17)16(21)18-12-3-4-13-11(9-12)10-14(23-13)15(19)20/h3-4,9-10H,2,5-8H2,1H3,(H,18,21)(H,19,20). The number of carbonyl (C=O) groups excluding carboxylic acids is 1. The highest BCUT2D eigenvalue weighted by Crippen LogP contribution is 2.45. The fraction of sp³-hybridized carbons (Fsp3) is 0.412. The Morgan fingerprint density at radius 2 is 2.13 bits per heavy atom. The van der Waals surface area contributed by atoms with Gasteiger partial charge in [0, 0.05) is 24.1 Å². The third-order valence-corrected chi connectivity index (χ3v) is 5.67. The van der Waals surface area contributed by atoms with Gasteiger partial charge in [0.05, 0.1) is 5.41 Å². The molecule has 6 heteroatoms. The molecule has 2 N–H and O–H groups in total. The Morgan fingerprint density at radius 1 is 1.35 bits per heavy atom. The lowest BCUT2D eigenvalue weighted by Gasteiger charge is -2.40. The first-order valence-electron chi connectivity index (χ1n) is 7.61. The minimum absolute atomic E-state index is 0.0360. The molecule has 122 valence electrons. The molecule has 23 heavy (non-hydrogen) atoms. The highest BCUT2D eigenvalue weighted by molar-refractivity contribution is 7.20. The van der Waals surface area contributed by atoms with Gasteiger partial charge in [0.25, 0.3) is 0 Å². The summed E-state index contributed by atoms with van der Waals surface area (Å²) < 4.78 is 6.02. The number of benzene rings is 1. The largest absolute Gasteiger partial charge is 0.477 e. The van der Waals surface area contributed by atoms with Crippen molar-refractivity contribution in [1.82, 2.24) is 0 Å². The molecule has 0 saturated heterocycles. The Hall–Kier alpha value is -1.92. The molecule has 3 rings (SSSR count). The zero-order valence-electron chi connectivity index (χ0n) is 12.9. The predicted molar refractivity (Wildman–Crippen MR) is 90.2 cm³/mol. The number of nitrogens with one attached hydrogen (secondary N) is 1. The molecule has 1 saturated carbocycles. The number of rotatable bonds is 6. The Bertz CT molecular complexity index is 748. The van der Waals surface area contributed by atoms with Crippen LogP contribution in [0.4, 0.5) is 5.69 Å². The molecule has 1 aliphatic carbocycles. The summed E-state index contributed by atoms with van der Waals surface area (Å²) in [6.07, 6.45) is 3.60. The number of carbonyl (C=O) groups is 2. The van der Waals surface area contributed by atoms with Crippen molar-refractivity contribution in [3.8, 4) is 0 Å². The second-order valence-electron chi connectivity index (χ2n) is 6.00. The van der Waals surface area contributed by atoms with Crippen LogP contribution in [0.2, 0.25) is 0 Å². The van der Waals surface area contributed by atoms with E-state index in [0.29, 0.717) is 17.2 Å². The third-order valence-electron chi connectivity index (χ3n) is 4.56. The molecule has 1 fully saturated rings. The lowest BCUT2D eigenvalue weighted by molar-refractivity contribution is -0.131. The number of amides is 1. The van der Waals surface area contributed by atoms with Gasteiger partial charge in [-0.3, -0.25) is 4.79 Å². The van der Waals surface area contributed by atoms with Crippen molar-refractivity contribution in [2.24, 2.45) is 5.41 Å². The summed E-state index contributed by atoms with van der Waals surface area (Å²) >= 11 is 1.24. The van der Waals surface area contributed by atoms with Crippen LogP contribution in [-0.2, 0) is 9.53 Å². The maximum atomic E-state index is 12.6. The fourth-order valence-corrected chi connectivity index (χ4v) is 3.86. The van der Waals surface area contributed by atoms with Crippen LogP contribution in [0.15, 0.2) is 24.3 Å². The second-order valence-corrected chi connectivity index (χ2v) is 7.08. The van der Waals surface area contributed by atoms with Gasteiger partial charge in [-0.05, 0) is 48.9 Å². The van der Waals surface area contributed by atoms with E-state index in [1.807, 2.05) is 18.2 Å². The Kier molecular flexibility index (Phi) is 4.37. The van der Waals surface area contributed by atoms with Gasteiger partial charge >= 0.3 is 5.97 Å².